The van der Waals surface area contributed by atoms with Crippen molar-refractivity contribution in [2.75, 3.05) is 6.54 Å². The van der Waals surface area contributed by atoms with Crippen molar-refractivity contribution in [1.82, 2.24) is 10.3 Å². The predicted molar refractivity (Wildman–Crippen MR) is 78.0 cm³/mol. The summed E-state index contributed by atoms with van der Waals surface area (Å²) in [6, 6.07) is 0.156. The lowest BCUT2D eigenvalue weighted by Gasteiger charge is -2.30. The highest BCUT2D eigenvalue weighted by Crippen LogP contribution is 2.26. The molecule has 0 aliphatic heterocycles. The number of carbonyl (C=O) groups is 1. The molecule has 106 valence electrons. The number of carbonyl (C=O) groups excluding carboxylic acids is 1. The van der Waals surface area contributed by atoms with E-state index in [4.69, 9.17) is 5.73 Å². The fraction of sp³-hybridized carbons (Fsp3) is 0.714. The number of nitrogens with zero attached hydrogens (tertiary/aromatic N) is 1. The molecule has 1 heterocycles. The van der Waals surface area contributed by atoms with Crippen LogP contribution in [0.2, 0.25) is 0 Å². The van der Waals surface area contributed by atoms with Crippen LogP contribution in [0.4, 0.5) is 0 Å². The summed E-state index contributed by atoms with van der Waals surface area (Å²) in [5.41, 5.74) is 8.62. The van der Waals surface area contributed by atoms with Crippen LogP contribution < -0.4 is 11.1 Å². The monoisotopic (exact) mass is 281 g/mol. The van der Waals surface area contributed by atoms with Gasteiger partial charge in [0.15, 0.2) is 0 Å². The largest absolute Gasteiger partial charge is 0.352 e. The predicted octanol–water partition coefficient (Wildman–Crippen LogP) is 2.10. The number of aromatic nitrogens is 1. The number of nitrogens with one attached hydrogen (secondary N) is 1. The molecule has 1 fully saturated rings. The molecule has 1 atom stereocenters. The van der Waals surface area contributed by atoms with Crippen molar-refractivity contribution in [3.8, 4) is 0 Å². The first kappa shape index (κ1) is 14.5. The van der Waals surface area contributed by atoms with Gasteiger partial charge < -0.3 is 11.1 Å². The third-order valence-corrected chi connectivity index (χ3v) is 4.55. The van der Waals surface area contributed by atoms with Crippen molar-refractivity contribution in [2.45, 2.75) is 51.0 Å². The van der Waals surface area contributed by atoms with E-state index in [2.05, 4.69) is 10.3 Å². The van der Waals surface area contributed by atoms with Crippen LogP contribution in [0.3, 0.4) is 0 Å². The van der Waals surface area contributed by atoms with Crippen molar-refractivity contribution in [1.29, 1.82) is 0 Å². The topological polar surface area (TPSA) is 68.0 Å². The minimum absolute atomic E-state index is 0.106. The molecule has 0 spiro atoms. The Morgan fingerprint density at radius 1 is 1.47 bits per heavy atom. The molecular formula is C14H23N3OS. The smallest absolute Gasteiger partial charge is 0.220 e. The molecule has 1 saturated carbocycles. The molecule has 1 aliphatic rings. The number of nitrogens with two attached hydrogens (primary N) is 1. The minimum atomic E-state index is 0.106. The molecule has 0 saturated heterocycles. The van der Waals surface area contributed by atoms with E-state index in [1.807, 2.05) is 5.38 Å². The molecule has 5 heteroatoms. The molecule has 0 aromatic carbocycles. The third kappa shape index (κ3) is 4.58. The molecule has 1 unspecified atom stereocenters. The lowest BCUT2D eigenvalue weighted by atomic mass is 9.84. The van der Waals surface area contributed by atoms with Crippen LogP contribution in [0.15, 0.2) is 10.9 Å². The van der Waals surface area contributed by atoms with Crippen molar-refractivity contribution < 1.29 is 4.79 Å². The Balaban J connectivity index is 1.75. The van der Waals surface area contributed by atoms with E-state index in [9.17, 15) is 4.79 Å². The summed E-state index contributed by atoms with van der Waals surface area (Å²) in [5.74, 6) is 0.677. The van der Waals surface area contributed by atoms with E-state index >= 15 is 0 Å². The zero-order valence-corrected chi connectivity index (χ0v) is 12.1. The van der Waals surface area contributed by atoms with E-state index in [-0.39, 0.29) is 11.9 Å². The normalized spacial score (nSPS) is 18.2. The fourth-order valence-electron chi connectivity index (χ4n) is 2.79. The highest BCUT2D eigenvalue weighted by atomic mass is 32.1. The summed E-state index contributed by atoms with van der Waals surface area (Å²) >= 11 is 1.57. The van der Waals surface area contributed by atoms with Crippen molar-refractivity contribution >= 4 is 17.2 Å². The Kier molecular flexibility index (Phi) is 5.79. The van der Waals surface area contributed by atoms with E-state index in [1.165, 1.54) is 32.1 Å². The van der Waals surface area contributed by atoms with Gasteiger partial charge in [0.05, 0.1) is 11.2 Å². The molecule has 4 nitrogen and oxygen atoms in total. The third-order valence-electron chi connectivity index (χ3n) is 3.91. The van der Waals surface area contributed by atoms with Gasteiger partial charge in [-0.05, 0) is 25.2 Å². The Morgan fingerprint density at radius 3 is 2.89 bits per heavy atom. The molecule has 1 aromatic rings. The molecule has 1 aromatic heterocycles. The second kappa shape index (κ2) is 7.60. The summed E-state index contributed by atoms with van der Waals surface area (Å²) in [6.07, 6.45) is 7.50. The number of hydrogen-bond donors (Lipinski definition) is 2. The maximum atomic E-state index is 12.0. The summed E-state index contributed by atoms with van der Waals surface area (Å²) in [7, 11) is 0. The second-order valence-electron chi connectivity index (χ2n) is 5.29. The van der Waals surface area contributed by atoms with Crippen LogP contribution in [0, 0.1) is 5.92 Å². The number of rotatable bonds is 6. The van der Waals surface area contributed by atoms with Gasteiger partial charge in [-0.25, -0.2) is 4.98 Å². The molecule has 0 radical (unpaired) electrons. The summed E-state index contributed by atoms with van der Waals surface area (Å²) in [6.45, 7) is 0.549. The quantitative estimate of drug-likeness (QED) is 0.839. The molecule has 3 N–H and O–H groups in total. The maximum Gasteiger partial charge on any atom is 0.220 e. The van der Waals surface area contributed by atoms with Crippen molar-refractivity contribution in [3.63, 3.8) is 0 Å². The zero-order valence-electron chi connectivity index (χ0n) is 11.3. The standard InChI is InChI=1S/C14H23N3OS/c15-8-13(11-4-2-1-3-5-11)17-14(18)7-6-12-9-19-10-16-12/h9-11,13H,1-8,15H2,(H,17,18). The van der Waals surface area contributed by atoms with Crippen LogP contribution in [0.5, 0.6) is 0 Å². The lowest BCUT2D eigenvalue weighted by Crippen LogP contribution is -2.46. The first-order valence-corrected chi connectivity index (χ1v) is 8.10. The van der Waals surface area contributed by atoms with Crippen LogP contribution in [0.1, 0.15) is 44.2 Å². The van der Waals surface area contributed by atoms with Gasteiger partial charge in [0, 0.05) is 24.4 Å². The Hall–Kier alpha value is -0.940. The highest BCUT2D eigenvalue weighted by Gasteiger charge is 2.23. The average Bonchev–Trinajstić information content (AvgIpc) is 2.97. The maximum absolute atomic E-state index is 12.0. The van der Waals surface area contributed by atoms with Crippen molar-refractivity contribution in [3.05, 3.63) is 16.6 Å². The molecule has 19 heavy (non-hydrogen) atoms. The molecule has 1 amide bonds. The average molecular weight is 281 g/mol. The van der Waals surface area contributed by atoms with E-state index in [1.54, 1.807) is 16.8 Å². The Labute approximate surface area is 118 Å². The lowest BCUT2D eigenvalue weighted by molar-refractivity contribution is -0.122. The van der Waals surface area contributed by atoms with Gasteiger partial charge in [-0.1, -0.05) is 19.3 Å². The van der Waals surface area contributed by atoms with E-state index < -0.39 is 0 Å². The first-order chi connectivity index (χ1) is 9.29. The van der Waals surface area contributed by atoms with Gasteiger partial charge >= 0.3 is 0 Å². The van der Waals surface area contributed by atoms with Crippen LogP contribution in [-0.2, 0) is 11.2 Å². The number of thiazole rings is 1. The summed E-state index contributed by atoms with van der Waals surface area (Å²) in [4.78, 5) is 16.2. The van der Waals surface area contributed by atoms with Crippen LogP contribution >= 0.6 is 11.3 Å². The van der Waals surface area contributed by atoms with Gasteiger partial charge in [-0.2, -0.15) is 0 Å². The first-order valence-electron chi connectivity index (χ1n) is 7.16. The van der Waals surface area contributed by atoms with Gasteiger partial charge in [0.1, 0.15) is 0 Å². The highest BCUT2D eigenvalue weighted by molar-refractivity contribution is 7.07. The number of hydrogen-bond acceptors (Lipinski definition) is 4. The van der Waals surface area contributed by atoms with Gasteiger partial charge in [0.25, 0.3) is 0 Å². The van der Waals surface area contributed by atoms with Crippen molar-refractivity contribution in [2.24, 2.45) is 11.7 Å². The minimum Gasteiger partial charge on any atom is -0.352 e. The molecular weight excluding hydrogens is 258 g/mol. The van der Waals surface area contributed by atoms with E-state index in [0.717, 1.165) is 12.1 Å². The molecule has 1 aliphatic carbocycles. The van der Waals surface area contributed by atoms with Gasteiger partial charge in [0.2, 0.25) is 5.91 Å². The molecule has 0 bridgehead atoms. The Bertz CT molecular complexity index is 374. The fourth-order valence-corrected chi connectivity index (χ4v) is 3.38. The Morgan fingerprint density at radius 2 is 2.26 bits per heavy atom. The van der Waals surface area contributed by atoms with Gasteiger partial charge in [-0.15, -0.1) is 11.3 Å². The summed E-state index contributed by atoms with van der Waals surface area (Å²) in [5, 5.41) is 5.11. The molecule has 2 rings (SSSR count). The van der Waals surface area contributed by atoms with Crippen LogP contribution in [0.25, 0.3) is 0 Å². The van der Waals surface area contributed by atoms with E-state index in [0.29, 0.717) is 18.9 Å². The summed E-state index contributed by atoms with van der Waals surface area (Å²) < 4.78 is 0. The zero-order chi connectivity index (χ0) is 13.5. The van der Waals surface area contributed by atoms with Crippen LogP contribution in [-0.4, -0.2) is 23.5 Å². The number of amides is 1. The second-order valence-corrected chi connectivity index (χ2v) is 6.01. The SMILES string of the molecule is NCC(NC(=O)CCc1cscn1)C1CCCCC1. The van der Waals surface area contributed by atoms with Gasteiger partial charge in [-0.3, -0.25) is 4.79 Å². The number of aryl methyl sites for hydroxylation is 1.